The zero-order valence-electron chi connectivity index (χ0n) is 33.0. The molecule has 2 aliphatic heterocycles. The summed E-state index contributed by atoms with van der Waals surface area (Å²) in [6, 6.07) is 33.3. The molecule has 2 N–H and O–H groups in total. The fourth-order valence-electron chi connectivity index (χ4n) is 7.49. The Balaban J connectivity index is 1.37. The van der Waals surface area contributed by atoms with Crippen LogP contribution in [0.2, 0.25) is 0 Å². The highest BCUT2D eigenvalue weighted by Gasteiger charge is 2.19. The van der Waals surface area contributed by atoms with E-state index in [0.29, 0.717) is 0 Å². The molecular weight excluding hydrogens is 717 g/mol. The molecule has 286 valence electrons. The SMILES string of the molecule is CC[C@H](C)Oc1ccc(-c2c3nc(c(-c4ccncc4)c4ccc([nH]4)c(-c4ccc(O[C@@H](C)CC)cc4)c4nc(c(-c5ccncc5)c5ccc2[nH]5)C=C4)C=C3)cc1. The summed E-state index contributed by atoms with van der Waals surface area (Å²) in [5, 5.41) is 0. The van der Waals surface area contributed by atoms with Crippen LogP contribution < -0.4 is 9.47 Å². The van der Waals surface area contributed by atoms with Gasteiger partial charge in [-0.25, -0.2) is 9.97 Å². The Hall–Kier alpha value is -7.06. The Labute approximate surface area is 338 Å². The molecule has 8 nitrogen and oxygen atoms in total. The maximum Gasteiger partial charge on any atom is 0.119 e. The number of aromatic nitrogens is 6. The highest BCUT2D eigenvalue weighted by atomic mass is 16.5. The van der Waals surface area contributed by atoms with E-state index < -0.39 is 0 Å². The van der Waals surface area contributed by atoms with E-state index in [2.05, 4.69) is 120 Å². The van der Waals surface area contributed by atoms with Gasteiger partial charge in [0.05, 0.1) is 35.0 Å². The largest absolute Gasteiger partial charge is 0.491 e. The van der Waals surface area contributed by atoms with E-state index in [1.807, 2.05) is 73.3 Å². The maximum absolute atomic E-state index is 6.17. The molecule has 8 heteroatoms. The molecular formula is C50H44N6O2. The minimum Gasteiger partial charge on any atom is -0.491 e. The molecule has 0 radical (unpaired) electrons. The van der Waals surface area contributed by atoms with Crippen LogP contribution in [0.15, 0.2) is 122 Å². The predicted molar refractivity (Wildman–Crippen MR) is 237 cm³/mol. The fourth-order valence-corrected chi connectivity index (χ4v) is 7.49. The van der Waals surface area contributed by atoms with Gasteiger partial charge in [0.15, 0.2) is 0 Å². The number of ether oxygens (including phenoxy) is 2. The van der Waals surface area contributed by atoms with Crippen molar-refractivity contribution in [1.29, 1.82) is 0 Å². The van der Waals surface area contributed by atoms with Gasteiger partial charge in [0, 0.05) is 69.1 Å². The van der Waals surface area contributed by atoms with Crippen molar-refractivity contribution in [3.05, 3.63) is 145 Å². The topological polar surface area (TPSA) is 102 Å². The van der Waals surface area contributed by atoms with Crippen molar-refractivity contribution in [2.75, 3.05) is 0 Å². The van der Waals surface area contributed by atoms with Crippen molar-refractivity contribution >= 4 is 46.4 Å². The van der Waals surface area contributed by atoms with Gasteiger partial charge in [0.2, 0.25) is 0 Å². The highest BCUT2D eigenvalue weighted by Crippen LogP contribution is 2.39. The first-order chi connectivity index (χ1) is 28.4. The normalized spacial score (nSPS) is 13.0. The van der Waals surface area contributed by atoms with Gasteiger partial charge in [0.1, 0.15) is 11.5 Å². The summed E-state index contributed by atoms with van der Waals surface area (Å²) in [5.41, 5.74) is 15.0. The second kappa shape index (κ2) is 15.8. The number of hydrogen-bond acceptors (Lipinski definition) is 6. The van der Waals surface area contributed by atoms with Gasteiger partial charge < -0.3 is 19.4 Å². The summed E-state index contributed by atoms with van der Waals surface area (Å²) in [5.74, 6) is 1.67. The maximum atomic E-state index is 6.17. The Kier molecular flexibility index (Phi) is 9.98. The molecule has 0 saturated carbocycles. The summed E-state index contributed by atoms with van der Waals surface area (Å²) in [6.45, 7) is 8.44. The molecule has 0 spiro atoms. The lowest BCUT2D eigenvalue weighted by atomic mass is 10.0. The number of pyridine rings is 2. The van der Waals surface area contributed by atoms with Crippen LogP contribution in [0, 0.1) is 0 Å². The van der Waals surface area contributed by atoms with E-state index in [1.165, 1.54) is 0 Å². The van der Waals surface area contributed by atoms with Crippen molar-refractivity contribution in [3.63, 3.8) is 0 Å². The monoisotopic (exact) mass is 760 g/mol. The second-order valence-electron chi connectivity index (χ2n) is 14.7. The third-order valence-electron chi connectivity index (χ3n) is 10.8. The molecule has 58 heavy (non-hydrogen) atoms. The molecule has 0 amide bonds. The van der Waals surface area contributed by atoms with Crippen LogP contribution in [0.1, 0.15) is 63.3 Å². The molecule has 8 bridgehead atoms. The Morgan fingerprint density at radius 1 is 0.414 bits per heavy atom. The van der Waals surface area contributed by atoms with E-state index in [9.17, 15) is 0 Å². The first-order valence-corrected chi connectivity index (χ1v) is 20.0. The molecule has 0 fully saturated rings. The van der Waals surface area contributed by atoms with E-state index in [1.54, 1.807) is 0 Å². The summed E-state index contributed by atoms with van der Waals surface area (Å²) in [7, 11) is 0. The summed E-state index contributed by atoms with van der Waals surface area (Å²) >= 11 is 0. The number of nitrogens with one attached hydrogen (secondary N) is 2. The van der Waals surface area contributed by atoms with Gasteiger partial charge >= 0.3 is 0 Å². The van der Waals surface area contributed by atoms with Crippen molar-refractivity contribution in [1.82, 2.24) is 29.9 Å². The zero-order chi connectivity index (χ0) is 39.6. The Morgan fingerprint density at radius 2 is 0.707 bits per heavy atom. The molecule has 7 heterocycles. The fraction of sp³-hybridized carbons (Fsp3) is 0.160. The standard InChI is InChI=1S/C50H44N6O2/c1-5-31(3)57-37-11-7-33(8-12-37)47-39-15-19-43(53-39)49(35-23-27-51-28-24-35)45-21-17-41(55-45)48(34-9-13-38(14-10-34)58-32(4)6-2)42-18-22-46(56-42)50(36-25-29-52-30-26-36)44-20-16-40(47)54-44/h7-32,53,56H,5-6H2,1-4H3/t31-,32-/m0/s1. The van der Waals surface area contributed by atoms with Crippen LogP contribution >= 0.6 is 0 Å². The van der Waals surface area contributed by atoms with E-state index in [4.69, 9.17) is 19.4 Å². The summed E-state index contributed by atoms with van der Waals surface area (Å²) in [6.07, 6.45) is 17.8. The van der Waals surface area contributed by atoms with Crippen LogP contribution in [-0.4, -0.2) is 42.1 Å². The Morgan fingerprint density at radius 3 is 1.00 bits per heavy atom. The molecule has 2 aliphatic rings. The molecule has 0 unspecified atom stereocenters. The average Bonchev–Trinajstić information content (AvgIpc) is 4.11. The third-order valence-corrected chi connectivity index (χ3v) is 10.8. The van der Waals surface area contributed by atoms with E-state index >= 15 is 0 Å². The average molecular weight is 761 g/mol. The molecule has 9 rings (SSSR count). The number of benzene rings is 2. The third kappa shape index (κ3) is 7.21. The van der Waals surface area contributed by atoms with Gasteiger partial charge in [-0.15, -0.1) is 0 Å². The first kappa shape index (κ1) is 36.6. The molecule has 5 aromatic heterocycles. The number of nitrogens with zero attached hydrogens (tertiary/aromatic N) is 4. The number of rotatable bonds is 10. The number of hydrogen-bond donors (Lipinski definition) is 2. The van der Waals surface area contributed by atoms with Gasteiger partial charge in [-0.2, -0.15) is 0 Å². The zero-order valence-corrected chi connectivity index (χ0v) is 33.0. The smallest absolute Gasteiger partial charge is 0.119 e. The van der Waals surface area contributed by atoms with Crippen LogP contribution in [0.5, 0.6) is 11.5 Å². The van der Waals surface area contributed by atoms with Crippen LogP contribution in [0.25, 0.3) is 90.9 Å². The van der Waals surface area contributed by atoms with Crippen LogP contribution in [-0.2, 0) is 0 Å². The lowest BCUT2D eigenvalue weighted by Crippen LogP contribution is -2.09. The van der Waals surface area contributed by atoms with Gasteiger partial charge in [-0.3, -0.25) is 9.97 Å². The Bertz CT molecular complexity index is 2630. The number of H-pyrrole nitrogens is 2. The van der Waals surface area contributed by atoms with Crippen LogP contribution in [0.4, 0.5) is 0 Å². The summed E-state index contributed by atoms with van der Waals surface area (Å²) < 4.78 is 12.3. The van der Waals surface area contributed by atoms with Gasteiger partial charge in [-0.05, 0) is 146 Å². The molecule has 2 aromatic carbocycles. The van der Waals surface area contributed by atoms with Crippen molar-refractivity contribution in [3.8, 4) is 56.0 Å². The second-order valence-corrected chi connectivity index (χ2v) is 14.7. The van der Waals surface area contributed by atoms with Crippen molar-refractivity contribution in [2.24, 2.45) is 0 Å². The van der Waals surface area contributed by atoms with Crippen LogP contribution in [0.3, 0.4) is 0 Å². The van der Waals surface area contributed by atoms with Gasteiger partial charge in [0.25, 0.3) is 0 Å². The van der Waals surface area contributed by atoms with Crippen molar-refractivity contribution in [2.45, 2.75) is 52.7 Å². The molecule has 2 atom stereocenters. The molecule has 7 aromatic rings. The number of aromatic amines is 2. The van der Waals surface area contributed by atoms with Gasteiger partial charge in [-0.1, -0.05) is 38.1 Å². The highest BCUT2D eigenvalue weighted by molar-refractivity contribution is 5.99. The van der Waals surface area contributed by atoms with E-state index in [0.717, 1.165) is 114 Å². The number of fused-ring (bicyclic) bond motifs is 8. The predicted octanol–water partition coefficient (Wildman–Crippen LogP) is 12.5. The summed E-state index contributed by atoms with van der Waals surface area (Å²) in [4.78, 5) is 27.1. The van der Waals surface area contributed by atoms with Crippen molar-refractivity contribution < 1.29 is 9.47 Å². The molecule has 0 saturated heterocycles. The molecule has 0 aliphatic carbocycles. The lowest BCUT2D eigenvalue weighted by Gasteiger charge is -2.13. The lowest BCUT2D eigenvalue weighted by molar-refractivity contribution is 0.217. The first-order valence-electron chi connectivity index (χ1n) is 20.0. The van der Waals surface area contributed by atoms with E-state index in [-0.39, 0.29) is 12.2 Å². The minimum absolute atomic E-state index is 0.123. The minimum atomic E-state index is 0.123. The quantitative estimate of drug-likeness (QED) is 0.144.